The molecular weight excluding hydrogens is 330 g/mol. The van der Waals surface area contributed by atoms with Gasteiger partial charge in [-0.15, -0.1) is 0 Å². The summed E-state index contributed by atoms with van der Waals surface area (Å²) >= 11 is 0. The molecule has 124 valence electrons. The predicted octanol–water partition coefficient (Wildman–Crippen LogP) is 2.95. The first-order valence-corrected chi connectivity index (χ1v) is 9.01. The zero-order chi connectivity index (χ0) is 17.6. The maximum Gasteiger partial charge on any atom is 0.294 e. The number of imidazole rings is 1. The van der Waals surface area contributed by atoms with E-state index in [1.807, 2.05) is 26.0 Å². The van der Waals surface area contributed by atoms with Gasteiger partial charge < -0.3 is 0 Å². The number of nitro groups is 1. The summed E-state index contributed by atoms with van der Waals surface area (Å²) in [5.74, 6) is 0. The fourth-order valence-electron chi connectivity index (χ4n) is 2.54. The van der Waals surface area contributed by atoms with Gasteiger partial charge in [0.15, 0.2) is 9.84 Å². The molecule has 0 unspecified atom stereocenters. The fourth-order valence-corrected chi connectivity index (χ4v) is 3.18. The van der Waals surface area contributed by atoms with Crippen molar-refractivity contribution in [3.05, 3.63) is 57.9 Å². The molecule has 0 saturated carbocycles. The second-order valence-corrected chi connectivity index (χ2v) is 7.74. The van der Waals surface area contributed by atoms with E-state index in [1.165, 1.54) is 18.5 Å². The van der Waals surface area contributed by atoms with E-state index >= 15 is 0 Å². The summed E-state index contributed by atoms with van der Waals surface area (Å²) in [5.41, 5.74) is 3.57. The van der Waals surface area contributed by atoms with E-state index < -0.39 is 14.8 Å². The van der Waals surface area contributed by atoms with Gasteiger partial charge in [0.2, 0.25) is 0 Å². The van der Waals surface area contributed by atoms with Gasteiger partial charge in [0.1, 0.15) is 12.0 Å². The van der Waals surface area contributed by atoms with Gasteiger partial charge in [-0.1, -0.05) is 0 Å². The smallest absolute Gasteiger partial charge is 0.293 e. The van der Waals surface area contributed by atoms with Crippen LogP contribution >= 0.6 is 0 Å². The van der Waals surface area contributed by atoms with Gasteiger partial charge in [-0.2, -0.15) is 0 Å². The van der Waals surface area contributed by atoms with E-state index in [2.05, 4.69) is 4.98 Å². The van der Waals surface area contributed by atoms with E-state index in [0.29, 0.717) is 0 Å². The van der Waals surface area contributed by atoms with Gasteiger partial charge in [-0.25, -0.2) is 13.4 Å². The molecule has 0 atom stereocenters. The summed E-state index contributed by atoms with van der Waals surface area (Å²) in [4.78, 5) is 15.0. The normalized spacial score (nSPS) is 11.8. The van der Waals surface area contributed by atoms with Crippen molar-refractivity contribution in [3.63, 3.8) is 0 Å². The Bertz CT molecular complexity index is 1080. The summed E-state index contributed by atoms with van der Waals surface area (Å²) < 4.78 is 24.9. The molecule has 0 bridgehead atoms. The fraction of sp³-hybridized carbons (Fsp3) is 0.188. The molecule has 3 rings (SSSR count). The molecule has 0 aliphatic carbocycles. The maximum absolute atomic E-state index is 11.7. The molecule has 1 aromatic heterocycles. The monoisotopic (exact) mass is 345 g/mol. The highest BCUT2D eigenvalue weighted by molar-refractivity contribution is 7.90. The summed E-state index contributed by atoms with van der Waals surface area (Å²) in [7, 11) is -3.53. The maximum atomic E-state index is 11.7. The number of nitrogens with zero attached hydrogens (tertiary/aromatic N) is 3. The second-order valence-electron chi connectivity index (χ2n) is 5.72. The zero-order valence-corrected chi connectivity index (χ0v) is 14.2. The van der Waals surface area contributed by atoms with Crippen LogP contribution in [-0.4, -0.2) is 29.1 Å². The standard InChI is InChI=1S/C16H15N3O4S/c1-10-6-13-15(7-11(10)2)18(9-17-13)14-5-4-12(24(3,22)23)8-16(14)19(20)21/h4-9H,1-3H3. The summed E-state index contributed by atoms with van der Waals surface area (Å²) in [6.07, 6.45) is 2.52. The van der Waals surface area contributed by atoms with Gasteiger partial charge in [0.05, 0.1) is 20.9 Å². The number of hydrogen-bond acceptors (Lipinski definition) is 5. The van der Waals surface area contributed by atoms with Crippen LogP contribution in [0.2, 0.25) is 0 Å². The minimum atomic E-state index is -3.53. The molecule has 0 fully saturated rings. The lowest BCUT2D eigenvalue weighted by Gasteiger charge is -2.08. The molecule has 0 saturated heterocycles. The molecule has 1 heterocycles. The van der Waals surface area contributed by atoms with Gasteiger partial charge >= 0.3 is 0 Å². The van der Waals surface area contributed by atoms with Crippen LogP contribution in [0.1, 0.15) is 11.1 Å². The van der Waals surface area contributed by atoms with Crippen molar-refractivity contribution in [1.82, 2.24) is 9.55 Å². The third-order valence-corrected chi connectivity index (χ3v) is 5.10. The number of fused-ring (bicyclic) bond motifs is 1. The molecule has 8 heteroatoms. The Balaban J connectivity index is 2.30. The number of benzene rings is 2. The average Bonchev–Trinajstić information content (AvgIpc) is 2.88. The number of nitro benzene ring substituents is 1. The highest BCUT2D eigenvalue weighted by atomic mass is 32.2. The minimum absolute atomic E-state index is 0.0885. The molecule has 0 amide bonds. The van der Waals surface area contributed by atoms with Crippen LogP contribution in [0.25, 0.3) is 16.7 Å². The van der Waals surface area contributed by atoms with Crippen molar-refractivity contribution >= 4 is 26.6 Å². The van der Waals surface area contributed by atoms with Crippen molar-refractivity contribution in [2.75, 3.05) is 6.26 Å². The van der Waals surface area contributed by atoms with Crippen LogP contribution in [0.5, 0.6) is 0 Å². The Hall–Kier alpha value is -2.74. The lowest BCUT2D eigenvalue weighted by molar-refractivity contribution is -0.384. The average molecular weight is 345 g/mol. The van der Waals surface area contributed by atoms with Crippen molar-refractivity contribution in [2.45, 2.75) is 18.7 Å². The molecule has 0 N–H and O–H groups in total. The number of aryl methyl sites for hydroxylation is 2. The quantitative estimate of drug-likeness (QED) is 0.537. The summed E-state index contributed by atoms with van der Waals surface area (Å²) in [5, 5.41) is 11.4. The van der Waals surface area contributed by atoms with Gasteiger partial charge in [0, 0.05) is 12.3 Å². The van der Waals surface area contributed by atoms with Crippen LogP contribution < -0.4 is 0 Å². The Labute approximate surface area is 138 Å². The number of aromatic nitrogens is 2. The molecule has 0 aliphatic heterocycles. The Kier molecular flexibility index (Phi) is 3.64. The van der Waals surface area contributed by atoms with Gasteiger partial charge in [-0.05, 0) is 49.2 Å². The molecule has 3 aromatic rings. The molecule has 2 aromatic carbocycles. The lowest BCUT2D eigenvalue weighted by atomic mass is 10.1. The second kappa shape index (κ2) is 5.41. The number of hydrogen-bond donors (Lipinski definition) is 0. The Morgan fingerprint density at radius 3 is 2.42 bits per heavy atom. The third-order valence-electron chi connectivity index (χ3n) is 3.99. The van der Waals surface area contributed by atoms with Gasteiger partial charge in [0.25, 0.3) is 5.69 Å². The van der Waals surface area contributed by atoms with Crippen LogP contribution in [0.4, 0.5) is 5.69 Å². The van der Waals surface area contributed by atoms with Crippen LogP contribution in [0.15, 0.2) is 41.6 Å². The highest BCUT2D eigenvalue weighted by Gasteiger charge is 2.21. The van der Waals surface area contributed by atoms with E-state index in [4.69, 9.17) is 0 Å². The van der Waals surface area contributed by atoms with Crippen LogP contribution in [0, 0.1) is 24.0 Å². The number of rotatable bonds is 3. The minimum Gasteiger partial charge on any atom is -0.293 e. The molecule has 0 aliphatic rings. The first kappa shape index (κ1) is 16.1. The lowest BCUT2D eigenvalue weighted by Crippen LogP contribution is -2.03. The Morgan fingerprint density at radius 2 is 1.79 bits per heavy atom. The highest BCUT2D eigenvalue weighted by Crippen LogP contribution is 2.30. The summed E-state index contributed by atoms with van der Waals surface area (Å²) in [6, 6.07) is 7.71. The van der Waals surface area contributed by atoms with Crippen LogP contribution in [0.3, 0.4) is 0 Å². The van der Waals surface area contributed by atoms with E-state index in [9.17, 15) is 18.5 Å². The van der Waals surface area contributed by atoms with Crippen molar-refractivity contribution in [1.29, 1.82) is 0 Å². The van der Waals surface area contributed by atoms with Crippen molar-refractivity contribution in [2.24, 2.45) is 0 Å². The molecule has 0 spiro atoms. The molecular formula is C16H15N3O4S. The van der Waals surface area contributed by atoms with Gasteiger partial charge in [-0.3, -0.25) is 14.7 Å². The first-order chi connectivity index (χ1) is 11.2. The number of sulfone groups is 1. The Morgan fingerprint density at radius 1 is 1.12 bits per heavy atom. The summed E-state index contributed by atoms with van der Waals surface area (Å²) in [6.45, 7) is 3.92. The van der Waals surface area contributed by atoms with Crippen molar-refractivity contribution < 1.29 is 13.3 Å². The zero-order valence-electron chi connectivity index (χ0n) is 13.3. The predicted molar refractivity (Wildman–Crippen MR) is 90.3 cm³/mol. The van der Waals surface area contributed by atoms with Crippen molar-refractivity contribution in [3.8, 4) is 5.69 Å². The third kappa shape index (κ3) is 2.65. The molecule has 0 radical (unpaired) electrons. The van der Waals surface area contributed by atoms with E-state index in [-0.39, 0.29) is 16.3 Å². The van der Waals surface area contributed by atoms with E-state index in [1.54, 1.807) is 4.57 Å². The molecule has 7 nitrogen and oxygen atoms in total. The molecule has 24 heavy (non-hydrogen) atoms. The first-order valence-electron chi connectivity index (χ1n) is 7.11. The van der Waals surface area contributed by atoms with Crippen LogP contribution in [-0.2, 0) is 9.84 Å². The SMILES string of the molecule is Cc1cc2ncn(-c3ccc(S(C)(=O)=O)cc3[N+](=O)[O-])c2cc1C. The van der Waals surface area contributed by atoms with E-state index in [0.717, 1.165) is 34.5 Å². The topological polar surface area (TPSA) is 95.1 Å². The largest absolute Gasteiger partial charge is 0.294 e.